The normalized spacial score (nSPS) is 60.4. The van der Waals surface area contributed by atoms with E-state index in [0.29, 0.717) is 0 Å². The third-order valence-corrected chi connectivity index (χ3v) is 7.22. The Morgan fingerprint density at radius 1 is 0.727 bits per heavy atom. The standard InChI is InChI=1S/C10H15.Zn/c1-7-2-9-4-8(1)5-10(3-7)6-9;/h1,7-10H,2-6H2;. The second-order valence-corrected chi connectivity index (χ2v) is 7.07. The summed E-state index contributed by atoms with van der Waals surface area (Å²) in [6.45, 7) is 0. The van der Waals surface area contributed by atoms with Crippen LogP contribution in [0, 0.1) is 23.7 Å². The Kier molecular flexibility index (Phi) is 1.49. The summed E-state index contributed by atoms with van der Waals surface area (Å²) in [6, 6.07) is 0. The van der Waals surface area contributed by atoms with Crippen molar-refractivity contribution in [1.29, 1.82) is 0 Å². The molecule has 0 aromatic rings. The number of rotatable bonds is 0. The van der Waals surface area contributed by atoms with Crippen molar-refractivity contribution in [2.24, 2.45) is 23.7 Å². The van der Waals surface area contributed by atoms with Crippen molar-refractivity contribution in [2.75, 3.05) is 0 Å². The second kappa shape index (κ2) is 2.31. The van der Waals surface area contributed by atoms with Gasteiger partial charge in [-0.2, -0.15) is 0 Å². The van der Waals surface area contributed by atoms with Crippen LogP contribution in [0.4, 0.5) is 0 Å². The molecule has 4 saturated carbocycles. The van der Waals surface area contributed by atoms with Gasteiger partial charge in [0, 0.05) is 0 Å². The number of hydrogen-bond donors (Lipinski definition) is 0. The van der Waals surface area contributed by atoms with Crippen LogP contribution in [-0.2, 0) is 18.3 Å². The Morgan fingerprint density at radius 3 is 1.64 bits per heavy atom. The van der Waals surface area contributed by atoms with E-state index in [2.05, 4.69) is 0 Å². The monoisotopic (exact) mass is 199 g/mol. The SMILES string of the molecule is [Zn][CH]1C2CC3CC(C2)CC1C3. The van der Waals surface area contributed by atoms with E-state index >= 15 is 0 Å². The van der Waals surface area contributed by atoms with Crippen molar-refractivity contribution < 1.29 is 18.3 Å². The van der Waals surface area contributed by atoms with Crippen LogP contribution < -0.4 is 0 Å². The molecular formula is C10H15Zn. The molecular weight excluding hydrogens is 185 g/mol. The minimum absolute atomic E-state index is 1.18. The Labute approximate surface area is 78.8 Å². The molecule has 0 heterocycles. The van der Waals surface area contributed by atoms with Gasteiger partial charge in [0.25, 0.3) is 0 Å². The fourth-order valence-electron chi connectivity index (χ4n) is 4.04. The molecule has 4 fully saturated rings. The molecule has 11 heavy (non-hydrogen) atoms. The quantitative estimate of drug-likeness (QED) is 0.528. The van der Waals surface area contributed by atoms with Crippen LogP contribution in [-0.4, -0.2) is 0 Å². The van der Waals surface area contributed by atoms with E-state index in [1.165, 1.54) is 28.2 Å². The van der Waals surface area contributed by atoms with Crippen molar-refractivity contribution in [3.05, 3.63) is 0 Å². The van der Waals surface area contributed by atoms with E-state index in [-0.39, 0.29) is 0 Å². The third kappa shape index (κ3) is 0.964. The molecule has 4 aliphatic carbocycles. The van der Waals surface area contributed by atoms with Gasteiger partial charge in [0.15, 0.2) is 0 Å². The van der Waals surface area contributed by atoms with Crippen molar-refractivity contribution in [2.45, 2.75) is 36.6 Å². The Morgan fingerprint density at radius 2 is 1.18 bits per heavy atom. The minimum atomic E-state index is 1.18. The molecule has 4 bridgehead atoms. The van der Waals surface area contributed by atoms with Crippen molar-refractivity contribution in [3.63, 3.8) is 0 Å². The Balaban J connectivity index is 1.91. The van der Waals surface area contributed by atoms with Gasteiger partial charge in [-0.05, 0) is 0 Å². The van der Waals surface area contributed by atoms with E-state index in [1.54, 1.807) is 50.4 Å². The molecule has 0 saturated heterocycles. The van der Waals surface area contributed by atoms with Gasteiger partial charge in [-0.25, -0.2) is 0 Å². The molecule has 57 valence electrons. The summed E-state index contributed by atoms with van der Waals surface area (Å²) in [5.41, 5.74) is 0. The molecule has 0 aromatic heterocycles. The molecule has 4 aliphatic rings. The van der Waals surface area contributed by atoms with Crippen LogP contribution in [0.5, 0.6) is 0 Å². The van der Waals surface area contributed by atoms with Gasteiger partial charge >= 0.3 is 78.6 Å². The first kappa shape index (κ1) is 7.07. The summed E-state index contributed by atoms with van der Waals surface area (Å²) in [6.07, 6.45) is 8.10. The second-order valence-electron chi connectivity index (χ2n) is 5.09. The molecule has 1 heteroatoms. The van der Waals surface area contributed by atoms with Crippen LogP contribution in [0.25, 0.3) is 0 Å². The van der Waals surface area contributed by atoms with Crippen LogP contribution >= 0.6 is 0 Å². The van der Waals surface area contributed by atoms with E-state index in [0.717, 1.165) is 0 Å². The molecule has 0 N–H and O–H groups in total. The summed E-state index contributed by atoms with van der Waals surface area (Å²) in [5, 5.41) is 0. The van der Waals surface area contributed by atoms with Gasteiger partial charge < -0.3 is 0 Å². The predicted molar refractivity (Wildman–Crippen MR) is 40.8 cm³/mol. The van der Waals surface area contributed by atoms with Gasteiger partial charge in [0.2, 0.25) is 0 Å². The van der Waals surface area contributed by atoms with Crippen LogP contribution in [0.1, 0.15) is 32.1 Å². The van der Waals surface area contributed by atoms with Crippen molar-refractivity contribution in [3.8, 4) is 0 Å². The van der Waals surface area contributed by atoms with Crippen molar-refractivity contribution in [1.82, 2.24) is 0 Å². The predicted octanol–water partition coefficient (Wildman–Crippen LogP) is 2.78. The summed E-state index contributed by atoms with van der Waals surface area (Å²) in [7, 11) is 0. The zero-order valence-corrected chi connectivity index (χ0v) is 10.1. The van der Waals surface area contributed by atoms with Crippen LogP contribution in [0.3, 0.4) is 0 Å². The summed E-state index contributed by atoms with van der Waals surface area (Å²) in [5.74, 6) is 4.76. The Hall–Kier alpha value is 0.623. The molecule has 0 amide bonds. The van der Waals surface area contributed by atoms with E-state index in [4.69, 9.17) is 0 Å². The fraction of sp³-hybridized carbons (Fsp3) is 1.00. The van der Waals surface area contributed by atoms with Gasteiger partial charge in [0.05, 0.1) is 0 Å². The topological polar surface area (TPSA) is 0 Å². The molecule has 0 aliphatic heterocycles. The van der Waals surface area contributed by atoms with Gasteiger partial charge in [-0.1, -0.05) is 0 Å². The molecule has 4 rings (SSSR count). The maximum atomic E-state index is 1.62. The average Bonchev–Trinajstić information content (AvgIpc) is 1.98. The zero-order valence-electron chi connectivity index (χ0n) is 7.13. The van der Waals surface area contributed by atoms with E-state index in [9.17, 15) is 0 Å². The molecule has 0 radical (unpaired) electrons. The molecule has 0 nitrogen and oxygen atoms in total. The summed E-state index contributed by atoms with van der Waals surface area (Å²) >= 11 is 1.59. The Bertz CT molecular complexity index is 148. The van der Waals surface area contributed by atoms with Gasteiger partial charge in [-0.3, -0.25) is 0 Å². The van der Waals surface area contributed by atoms with Crippen LogP contribution in [0.15, 0.2) is 0 Å². The van der Waals surface area contributed by atoms with Gasteiger partial charge in [-0.15, -0.1) is 0 Å². The summed E-state index contributed by atoms with van der Waals surface area (Å²) < 4.78 is 1.21. The maximum absolute atomic E-state index is 1.62. The first-order chi connectivity index (χ1) is 5.33. The summed E-state index contributed by atoms with van der Waals surface area (Å²) in [4.78, 5) is 0. The number of hydrogen-bond acceptors (Lipinski definition) is 0. The fourth-order valence-corrected chi connectivity index (χ4v) is 5.65. The first-order valence-electron chi connectivity index (χ1n) is 5.16. The molecule has 0 atom stereocenters. The van der Waals surface area contributed by atoms with Crippen molar-refractivity contribution >= 4 is 0 Å². The first-order valence-corrected chi connectivity index (χ1v) is 6.87. The van der Waals surface area contributed by atoms with Crippen LogP contribution in [0.2, 0.25) is 4.51 Å². The molecule has 0 aromatic carbocycles. The van der Waals surface area contributed by atoms with E-state index < -0.39 is 0 Å². The van der Waals surface area contributed by atoms with Gasteiger partial charge in [0.1, 0.15) is 0 Å². The average molecular weight is 201 g/mol. The van der Waals surface area contributed by atoms with E-state index in [1.807, 2.05) is 0 Å². The zero-order chi connectivity index (χ0) is 7.42. The molecule has 0 spiro atoms. The third-order valence-electron chi connectivity index (χ3n) is 4.42. The molecule has 0 unspecified atom stereocenters.